The topological polar surface area (TPSA) is 17.1 Å². The molecular formula is C20H24O. The maximum atomic E-state index is 12.8. The largest absolute Gasteiger partial charge is 0.293 e. The lowest BCUT2D eigenvalue weighted by Crippen LogP contribution is -2.29. The number of carbonyl (C=O) groups excluding carboxylic acids is 1. The lowest BCUT2D eigenvalue weighted by Gasteiger charge is -2.24. The average molecular weight is 280 g/mol. The first-order valence-corrected chi connectivity index (χ1v) is 7.75. The Kier molecular flexibility index (Phi) is 4.95. The number of ketones is 1. The zero-order valence-corrected chi connectivity index (χ0v) is 13.2. The predicted octanol–water partition coefficient (Wildman–Crippen LogP) is 5.19. The van der Waals surface area contributed by atoms with Crippen LogP contribution in [-0.2, 0) is 11.8 Å². The van der Waals surface area contributed by atoms with Crippen molar-refractivity contribution in [2.75, 3.05) is 0 Å². The van der Waals surface area contributed by atoms with Gasteiger partial charge in [-0.05, 0) is 37.8 Å². The molecule has 0 aliphatic rings. The molecule has 0 atom stereocenters. The van der Waals surface area contributed by atoms with Crippen LogP contribution in [-0.4, -0.2) is 5.78 Å². The highest BCUT2D eigenvalue weighted by Crippen LogP contribution is 2.27. The third kappa shape index (κ3) is 3.60. The molecule has 2 aromatic rings. The van der Waals surface area contributed by atoms with Gasteiger partial charge in [-0.25, -0.2) is 0 Å². The number of Topliss-reactive ketones (excluding diaryl/α,β-unsaturated/α-hetero) is 1. The molecule has 1 nitrogen and oxygen atoms in total. The molecule has 0 aliphatic heterocycles. The Labute approximate surface area is 128 Å². The third-order valence-electron chi connectivity index (χ3n) is 4.10. The number of hydrogen-bond donors (Lipinski definition) is 0. The molecule has 0 radical (unpaired) electrons. The fourth-order valence-corrected chi connectivity index (χ4v) is 2.55. The minimum absolute atomic E-state index is 0.177. The lowest BCUT2D eigenvalue weighted by atomic mass is 9.78. The Morgan fingerprint density at radius 2 is 1.57 bits per heavy atom. The molecule has 0 N–H and O–H groups in total. The van der Waals surface area contributed by atoms with Gasteiger partial charge in [0.15, 0.2) is 5.78 Å². The Morgan fingerprint density at radius 1 is 0.952 bits per heavy atom. The molecule has 2 aromatic carbocycles. The molecule has 21 heavy (non-hydrogen) atoms. The van der Waals surface area contributed by atoms with E-state index in [1.165, 1.54) is 18.4 Å². The van der Waals surface area contributed by atoms with Gasteiger partial charge < -0.3 is 0 Å². The van der Waals surface area contributed by atoms with Crippen molar-refractivity contribution < 1.29 is 4.79 Å². The summed E-state index contributed by atoms with van der Waals surface area (Å²) in [5.74, 6) is 0.177. The number of rotatable bonds is 6. The van der Waals surface area contributed by atoms with Gasteiger partial charge in [0, 0.05) is 5.56 Å². The summed E-state index contributed by atoms with van der Waals surface area (Å²) in [6.07, 6.45) is 3.48. The second kappa shape index (κ2) is 6.71. The first-order valence-electron chi connectivity index (χ1n) is 7.75. The van der Waals surface area contributed by atoms with Crippen LogP contribution in [0.25, 0.3) is 0 Å². The number of hydrogen-bond acceptors (Lipinski definition) is 1. The predicted molar refractivity (Wildman–Crippen MR) is 88.9 cm³/mol. The number of carbonyl (C=O) groups is 1. The summed E-state index contributed by atoms with van der Waals surface area (Å²) in [5.41, 5.74) is 2.67. The second-order valence-corrected chi connectivity index (χ2v) is 6.12. The number of unbranched alkanes of at least 4 members (excludes halogenated alkanes) is 1. The van der Waals surface area contributed by atoms with Crippen LogP contribution >= 0.6 is 0 Å². The van der Waals surface area contributed by atoms with Crippen molar-refractivity contribution in [1.29, 1.82) is 0 Å². The summed E-state index contributed by atoms with van der Waals surface area (Å²) in [6, 6.07) is 18.1. The van der Waals surface area contributed by atoms with E-state index in [1.807, 2.05) is 56.3 Å². The van der Waals surface area contributed by atoms with Crippen molar-refractivity contribution in [2.24, 2.45) is 0 Å². The van der Waals surface area contributed by atoms with Gasteiger partial charge in [-0.3, -0.25) is 4.79 Å². The molecule has 0 fully saturated rings. The molecule has 110 valence electrons. The normalized spacial score (nSPS) is 11.4. The van der Waals surface area contributed by atoms with Crippen LogP contribution in [0.4, 0.5) is 0 Å². The molecule has 0 aliphatic carbocycles. The van der Waals surface area contributed by atoms with E-state index in [-0.39, 0.29) is 5.78 Å². The number of benzene rings is 2. The Bertz CT molecular complexity index is 579. The van der Waals surface area contributed by atoms with E-state index in [4.69, 9.17) is 0 Å². The van der Waals surface area contributed by atoms with Crippen LogP contribution in [0.15, 0.2) is 54.6 Å². The molecule has 0 saturated carbocycles. The van der Waals surface area contributed by atoms with E-state index in [0.29, 0.717) is 0 Å². The molecule has 0 unspecified atom stereocenters. The summed E-state index contributed by atoms with van der Waals surface area (Å²) in [7, 11) is 0. The summed E-state index contributed by atoms with van der Waals surface area (Å²) >= 11 is 0. The van der Waals surface area contributed by atoms with Crippen LogP contribution in [0.5, 0.6) is 0 Å². The first-order chi connectivity index (χ1) is 10.1. The van der Waals surface area contributed by atoms with E-state index in [1.54, 1.807) is 0 Å². The Balaban J connectivity index is 2.19. The monoisotopic (exact) mass is 280 g/mol. The summed E-state index contributed by atoms with van der Waals surface area (Å²) in [6.45, 7) is 6.19. The maximum absolute atomic E-state index is 12.8. The second-order valence-electron chi connectivity index (χ2n) is 6.12. The van der Waals surface area contributed by atoms with Crippen molar-refractivity contribution in [3.63, 3.8) is 0 Å². The van der Waals surface area contributed by atoms with Gasteiger partial charge in [0.25, 0.3) is 0 Å². The highest BCUT2D eigenvalue weighted by molar-refractivity contribution is 6.03. The average Bonchev–Trinajstić information content (AvgIpc) is 2.53. The molecular weight excluding hydrogens is 256 g/mol. The minimum atomic E-state index is -0.494. The van der Waals surface area contributed by atoms with E-state index >= 15 is 0 Å². The van der Waals surface area contributed by atoms with Gasteiger partial charge in [-0.2, -0.15) is 0 Å². The zero-order valence-electron chi connectivity index (χ0n) is 13.2. The number of aryl methyl sites for hydroxylation is 1. The minimum Gasteiger partial charge on any atom is -0.293 e. The Morgan fingerprint density at radius 3 is 2.14 bits per heavy atom. The van der Waals surface area contributed by atoms with Crippen molar-refractivity contribution in [1.82, 2.24) is 0 Å². The molecule has 0 saturated heterocycles. The smallest absolute Gasteiger partial charge is 0.172 e. The first kappa shape index (κ1) is 15.5. The van der Waals surface area contributed by atoms with E-state index < -0.39 is 5.41 Å². The third-order valence-corrected chi connectivity index (χ3v) is 4.10. The van der Waals surface area contributed by atoms with Gasteiger partial charge in [0.05, 0.1) is 5.41 Å². The molecule has 0 aromatic heterocycles. The maximum Gasteiger partial charge on any atom is 0.172 e. The molecule has 0 heterocycles. The molecule has 2 rings (SSSR count). The summed E-state index contributed by atoms with van der Waals surface area (Å²) in [5, 5.41) is 0. The SMILES string of the molecule is CCCCc1ccc(C(=O)C(C)(C)c2ccccc2)cc1. The highest BCUT2D eigenvalue weighted by Gasteiger charge is 2.30. The van der Waals surface area contributed by atoms with Gasteiger partial charge in [-0.1, -0.05) is 67.9 Å². The van der Waals surface area contributed by atoms with Crippen LogP contribution in [0, 0.1) is 0 Å². The molecule has 0 spiro atoms. The van der Waals surface area contributed by atoms with Gasteiger partial charge in [0.2, 0.25) is 0 Å². The van der Waals surface area contributed by atoms with E-state index in [9.17, 15) is 4.79 Å². The molecule has 0 amide bonds. The Hall–Kier alpha value is -1.89. The highest BCUT2D eigenvalue weighted by atomic mass is 16.1. The fourth-order valence-electron chi connectivity index (χ4n) is 2.55. The van der Waals surface area contributed by atoms with Crippen molar-refractivity contribution in [2.45, 2.75) is 45.4 Å². The van der Waals surface area contributed by atoms with E-state index in [0.717, 1.165) is 17.5 Å². The van der Waals surface area contributed by atoms with Crippen molar-refractivity contribution in [3.8, 4) is 0 Å². The molecule has 1 heteroatoms. The van der Waals surface area contributed by atoms with E-state index in [2.05, 4.69) is 19.1 Å². The molecule has 0 bridgehead atoms. The van der Waals surface area contributed by atoms with Crippen LogP contribution in [0.2, 0.25) is 0 Å². The summed E-state index contributed by atoms with van der Waals surface area (Å²) in [4.78, 5) is 12.8. The van der Waals surface area contributed by atoms with Gasteiger partial charge in [0.1, 0.15) is 0 Å². The standard InChI is InChI=1S/C20H24O/c1-4-5-9-16-12-14-17(15-13-16)19(21)20(2,3)18-10-7-6-8-11-18/h6-8,10-15H,4-5,9H2,1-3H3. The van der Waals surface area contributed by atoms with Crippen LogP contribution in [0.1, 0.15) is 55.1 Å². The van der Waals surface area contributed by atoms with Crippen LogP contribution < -0.4 is 0 Å². The quantitative estimate of drug-likeness (QED) is 0.665. The van der Waals surface area contributed by atoms with Crippen LogP contribution in [0.3, 0.4) is 0 Å². The van der Waals surface area contributed by atoms with Crippen molar-refractivity contribution in [3.05, 3.63) is 71.3 Å². The van der Waals surface area contributed by atoms with Gasteiger partial charge in [-0.15, -0.1) is 0 Å². The van der Waals surface area contributed by atoms with Crippen molar-refractivity contribution >= 4 is 5.78 Å². The zero-order chi connectivity index (χ0) is 15.3. The lowest BCUT2D eigenvalue weighted by molar-refractivity contribution is 0.0908. The van der Waals surface area contributed by atoms with Gasteiger partial charge >= 0.3 is 0 Å². The summed E-state index contributed by atoms with van der Waals surface area (Å²) < 4.78 is 0. The fraction of sp³-hybridized carbons (Fsp3) is 0.350.